The van der Waals surface area contributed by atoms with E-state index in [-0.39, 0.29) is 0 Å². The molecule has 0 aliphatic rings. The summed E-state index contributed by atoms with van der Waals surface area (Å²) in [5.74, 6) is 7.48. The van der Waals surface area contributed by atoms with Gasteiger partial charge in [0.25, 0.3) is 0 Å². The minimum Gasteiger partial charge on any atom is -0.298 e. The maximum atomic E-state index is 4.77. The van der Waals surface area contributed by atoms with Gasteiger partial charge < -0.3 is 0 Å². The Balaban J connectivity index is 1.98. The molecule has 0 saturated carbocycles. The molecule has 2 aromatic heterocycles. The Morgan fingerprint density at radius 1 is 1.00 bits per heavy atom. The second-order valence-electron chi connectivity index (χ2n) is 5.36. The van der Waals surface area contributed by atoms with Crippen molar-refractivity contribution in [2.75, 3.05) is 0 Å². The number of rotatable bonds is 4. The summed E-state index contributed by atoms with van der Waals surface area (Å²) in [5, 5.41) is 0. The van der Waals surface area contributed by atoms with Crippen LogP contribution < -0.4 is 0 Å². The zero-order chi connectivity index (χ0) is 15.2. The van der Waals surface area contributed by atoms with Crippen LogP contribution in [0.4, 0.5) is 0 Å². The van der Waals surface area contributed by atoms with E-state index in [9.17, 15) is 0 Å². The number of benzene rings is 1. The van der Waals surface area contributed by atoms with E-state index in [0.29, 0.717) is 0 Å². The smallest absolute Gasteiger partial charge is 0.146 e. The molecule has 0 atom stereocenters. The maximum Gasteiger partial charge on any atom is 0.146 e. The predicted molar refractivity (Wildman–Crippen MR) is 91.6 cm³/mol. The maximum absolute atomic E-state index is 4.77. The van der Waals surface area contributed by atoms with Crippen LogP contribution in [0.2, 0.25) is 0 Å². The SMILES string of the molecule is CCCCCC#Cc1nc(-c2ccccc2)n2ccccc12. The Labute approximate surface area is 131 Å². The van der Waals surface area contributed by atoms with Gasteiger partial charge in [0, 0.05) is 18.2 Å². The van der Waals surface area contributed by atoms with Gasteiger partial charge in [0.1, 0.15) is 11.5 Å². The first kappa shape index (κ1) is 14.4. The molecule has 0 bridgehead atoms. The van der Waals surface area contributed by atoms with Crippen LogP contribution in [0.25, 0.3) is 16.9 Å². The lowest BCUT2D eigenvalue weighted by molar-refractivity contribution is 0.737. The molecule has 3 rings (SSSR count). The molecule has 3 aromatic rings. The topological polar surface area (TPSA) is 17.3 Å². The second kappa shape index (κ2) is 6.95. The van der Waals surface area contributed by atoms with E-state index in [2.05, 4.69) is 41.4 Å². The molecular formula is C20H20N2. The third-order valence-electron chi connectivity index (χ3n) is 3.69. The average molecular weight is 288 g/mol. The lowest BCUT2D eigenvalue weighted by atomic mass is 10.2. The predicted octanol–water partition coefficient (Wildman–Crippen LogP) is 4.93. The molecule has 0 N–H and O–H groups in total. The van der Waals surface area contributed by atoms with Crippen molar-refractivity contribution in [2.24, 2.45) is 0 Å². The summed E-state index contributed by atoms with van der Waals surface area (Å²) in [5.41, 5.74) is 3.06. The highest BCUT2D eigenvalue weighted by molar-refractivity contribution is 5.68. The van der Waals surface area contributed by atoms with Crippen molar-refractivity contribution in [3.63, 3.8) is 0 Å². The van der Waals surface area contributed by atoms with Crippen molar-refractivity contribution in [1.29, 1.82) is 0 Å². The zero-order valence-corrected chi connectivity index (χ0v) is 12.9. The molecular weight excluding hydrogens is 268 g/mol. The van der Waals surface area contributed by atoms with Crippen molar-refractivity contribution < 1.29 is 0 Å². The summed E-state index contributed by atoms with van der Waals surface area (Å²) in [6.45, 7) is 2.21. The fraction of sp³-hybridized carbons (Fsp3) is 0.250. The molecule has 0 radical (unpaired) electrons. The molecule has 0 spiro atoms. The summed E-state index contributed by atoms with van der Waals surface area (Å²) >= 11 is 0. The Bertz CT molecular complexity index is 804. The van der Waals surface area contributed by atoms with Crippen LogP contribution >= 0.6 is 0 Å². The first-order chi connectivity index (χ1) is 10.9. The Hall–Kier alpha value is -2.53. The van der Waals surface area contributed by atoms with E-state index >= 15 is 0 Å². The average Bonchev–Trinajstić information content (AvgIpc) is 2.95. The lowest BCUT2D eigenvalue weighted by Gasteiger charge is -1.99. The van der Waals surface area contributed by atoms with Crippen LogP contribution in [-0.4, -0.2) is 9.38 Å². The molecule has 1 aromatic carbocycles. The summed E-state index contributed by atoms with van der Waals surface area (Å²) in [6, 6.07) is 16.4. The van der Waals surface area contributed by atoms with Crippen molar-refractivity contribution in [3.05, 3.63) is 60.4 Å². The quantitative estimate of drug-likeness (QED) is 0.491. The zero-order valence-electron chi connectivity index (χ0n) is 12.9. The van der Waals surface area contributed by atoms with Crippen LogP contribution in [0.15, 0.2) is 54.7 Å². The number of nitrogens with zero attached hydrogens (tertiary/aromatic N) is 2. The third kappa shape index (κ3) is 3.04. The molecule has 0 aliphatic heterocycles. The molecule has 0 fully saturated rings. The van der Waals surface area contributed by atoms with Crippen LogP contribution in [0, 0.1) is 11.8 Å². The van der Waals surface area contributed by atoms with Gasteiger partial charge in [-0.15, -0.1) is 0 Å². The number of imidazole rings is 1. The van der Waals surface area contributed by atoms with E-state index in [4.69, 9.17) is 4.98 Å². The van der Waals surface area contributed by atoms with Gasteiger partial charge >= 0.3 is 0 Å². The monoisotopic (exact) mass is 288 g/mol. The molecule has 0 unspecified atom stereocenters. The number of unbranched alkanes of at least 4 members (excludes halogenated alkanes) is 3. The molecule has 0 amide bonds. The highest BCUT2D eigenvalue weighted by Gasteiger charge is 2.10. The van der Waals surface area contributed by atoms with E-state index in [1.165, 1.54) is 19.3 Å². The Morgan fingerprint density at radius 3 is 2.64 bits per heavy atom. The summed E-state index contributed by atoms with van der Waals surface area (Å²) in [7, 11) is 0. The molecule has 22 heavy (non-hydrogen) atoms. The van der Waals surface area contributed by atoms with Crippen LogP contribution in [-0.2, 0) is 0 Å². The van der Waals surface area contributed by atoms with Gasteiger partial charge in [-0.1, -0.05) is 62.1 Å². The molecule has 2 heteroatoms. The van der Waals surface area contributed by atoms with Gasteiger partial charge in [0.15, 0.2) is 0 Å². The summed E-state index contributed by atoms with van der Waals surface area (Å²) < 4.78 is 2.12. The number of hydrogen-bond donors (Lipinski definition) is 0. The number of fused-ring (bicyclic) bond motifs is 1. The van der Waals surface area contributed by atoms with Gasteiger partial charge in [0.2, 0.25) is 0 Å². The highest BCUT2D eigenvalue weighted by atomic mass is 15.0. The number of pyridine rings is 1. The standard InChI is InChI=1S/C20H20N2/c1-2-3-4-5-9-14-18-19-15-10-11-16-22(19)20(21-18)17-12-7-6-8-13-17/h6-8,10-13,15-16H,2-5H2,1H3. The van der Waals surface area contributed by atoms with Gasteiger partial charge in [-0.25, -0.2) is 4.98 Å². The normalized spacial score (nSPS) is 10.4. The van der Waals surface area contributed by atoms with E-state index in [1.807, 2.05) is 36.5 Å². The largest absolute Gasteiger partial charge is 0.298 e. The number of aromatic nitrogens is 2. The third-order valence-corrected chi connectivity index (χ3v) is 3.69. The van der Waals surface area contributed by atoms with Crippen molar-refractivity contribution in [3.8, 4) is 23.2 Å². The van der Waals surface area contributed by atoms with Gasteiger partial charge in [-0.05, 0) is 24.5 Å². The fourth-order valence-corrected chi connectivity index (χ4v) is 2.53. The molecule has 0 aliphatic carbocycles. The van der Waals surface area contributed by atoms with E-state index in [0.717, 1.165) is 29.0 Å². The minimum atomic E-state index is 0.871. The minimum absolute atomic E-state index is 0.871. The van der Waals surface area contributed by atoms with Gasteiger partial charge in [-0.2, -0.15) is 0 Å². The van der Waals surface area contributed by atoms with Crippen LogP contribution in [0.5, 0.6) is 0 Å². The van der Waals surface area contributed by atoms with Crippen molar-refractivity contribution in [2.45, 2.75) is 32.6 Å². The Morgan fingerprint density at radius 2 is 1.82 bits per heavy atom. The molecule has 2 nitrogen and oxygen atoms in total. The number of hydrogen-bond acceptors (Lipinski definition) is 1. The molecule has 110 valence electrons. The summed E-state index contributed by atoms with van der Waals surface area (Å²) in [6.07, 6.45) is 6.63. The van der Waals surface area contributed by atoms with Crippen LogP contribution in [0.1, 0.15) is 38.3 Å². The fourth-order valence-electron chi connectivity index (χ4n) is 2.53. The first-order valence-corrected chi connectivity index (χ1v) is 7.91. The summed E-state index contributed by atoms with van der Waals surface area (Å²) in [4.78, 5) is 4.77. The lowest BCUT2D eigenvalue weighted by Crippen LogP contribution is -1.87. The van der Waals surface area contributed by atoms with E-state index in [1.54, 1.807) is 0 Å². The second-order valence-corrected chi connectivity index (χ2v) is 5.36. The van der Waals surface area contributed by atoms with Gasteiger partial charge in [0.05, 0.1) is 5.52 Å². The molecule has 2 heterocycles. The van der Waals surface area contributed by atoms with E-state index < -0.39 is 0 Å². The van der Waals surface area contributed by atoms with Gasteiger partial charge in [-0.3, -0.25) is 4.40 Å². The Kier molecular flexibility index (Phi) is 4.56. The highest BCUT2D eigenvalue weighted by Crippen LogP contribution is 2.22. The molecule has 0 saturated heterocycles. The van der Waals surface area contributed by atoms with Crippen LogP contribution in [0.3, 0.4) is 0 Å². The van der Waals surface area contributed by atoms with Crippen molar-refractivity contribution >= 4 is 5.52 Å². The van der Waals surface area contributed by atoms with Crippen molar-refractivity contribution in [1.82, 2.24) is 9.38 Å². The first-order valence-electron chi connectivity index (χ1n) is 7.91.